The van der Waals surface area contributed by atoms with Crippen LogP contribution in [0.2, 0.25) is 0 Å². The third-order valence-electron chi connectivity index (χ3n) is 4.79. The first-order chi connectivity index (χ1) is 16.2. The molecule has 0 amide bonds. The third-order valence-corrected chi connectivity index (χ3v) is 4.79. The fourth-order valence-electron chi connectivity index (χ4n) is 3.34. The molecule has 14 heteroatoms. The number of hydrogen-bond donors (Lipinski definition) is 1. The van der Waals surface area contributed by atoms with E-state index in [2.05, 4.69) is 9.97 Å². The van der Waals surface area contributed by atoms with Crippen LogP contribution < -0.4 is 11.5 Å². The molecule has 0 radical (unpaired) electrons. The van der Waals surface area contributed by atoms with Gasteiger partial charge in [0, 0.05) is 6.07 Å². The number of nitrogen functional groups attached to an aromatic ring is 1. The normalized spacial score (nSPS) is 11.1. The number of anilines is 1. The van der Waals surface area contributed by atoms with E-state index in [1.165, 1.54) is 12.1 Å². The van der Waals surface area contributed by atoms with Gasteiger partial charge in [0.2, 0.25) is 5.71 Å². The molecule has 3 aromatic heterocycles. The minimum Gasteiger partial charge on any atom is -0.462 e. The number of furan rings is 1. The number of nitro benzene ring substituents is 1. The first-order valence-electron chi connectivity index (χ1n) is 9.85. The summed E-state index contributed by atoms with van der Waals surface area (Å²) in [5, 5.41) is 11.1. The van der Waals surface area contributed by atoms with Crippen LogP contribution in [-0.2, 0) is 27.4 Å². The lowest BCUT2D eigenvalue weighted by molar-refractivity contribution is -0.384. The van der Waals surface area contributed by atoms with Gasteiger partial charge in [0.15, 0.2) is 18.0 Å². The summed E-state index contributed by atoms with van der Waals surface area (Å²) in [6.07, 6.45) is 0. The summed E-state index contributed by atoms with van der Waals surface area (Å²) in [6, 6.07) is 3.56. The zero-order valence-corrected chi connectivity index (χ0v) is 17.9. The molecule has 0 aliphatic heterocycles. The molecule has 0 unspecified atom stereocenters. The topological polar surface area (TPSA) is 196 Å². The number of benzene rings is 1. The number of nitrogens with zero attached hydrogens (tertiary/aromatic N) is 4. The van der Waals surface area contributed by atoms with Crippen molar-refractivity contribution in [3.05, 3.63) is 56.0 Å². The van der Waals surface area contributed by atoms with Gasteiger partial charge in [0.25, 0.3) is 5.69 Å². The van der Waals surface area contributed by atoms with E-state index in [1.807, 2.05) is 0 Å². The van der Waals surface area contributed by atoms with Crippen LogP contribution in [0, 0.1) is 17.0 Å². The lowest BCUT2D eigenvalue weighted by Gasteiger charge is -2.06. The number of esters is 2. The van der Waals surface area contributed by atoms with Gasteiger partial charge >= 0.3 is 17.7 Å². The van der Waals surface area contributed by atoms with E-state index in [-0.39, 0.29) is 57.5 Å². The second-order valence-electron chi connectivity index (χ2n) is 6.98. The molecule has 0 aliphatic rings. The molecule has 4 rings (SSSR count). The number of hydrogen-bond acceptors (Lipinski definition) is 12. The fourth-order valence-corrected chi connectivity index (χ4v) is 3.34. The van der Waals surface area contributed by atoms with Crippen molar-refractivity contribution in [3.63, 3.8) is 0 Å². The summed E-state index contributed by atoms with van der Waals surface area (Å²) in [5.41, 5.74) is 5.99. The molecule has 4 aromatic rings. The van der Waals surface area contributed by atoms with Crippen molar-refractivity contribution >= 4 is 45.6 Å². The first-order valence-corrected chi connectivity index (χ1v) is 9.85. The second-order valence-corrected chi connectivity index (χ2v) is 6.98. The highest BCUT2D eigenvalue weighted by Gasteiger charge is 2.24. The zero-order valence-electron chi connectivity index (χ0n) is 17.9. The molecular weight excluding hydrogens is 454 g/mol. The predicted molar refractivity (Wildman–Crippen MR) is 114 cm³/mol. The number of ether oxygens (including phenoxy) is 2. The Labute approximate surface area is 189 Å². The number of nitrogens with two attached hydrogens (primary N) is 1. The van der Waals surface area contributed by atoms with Crippen molar-refractivity contribution in [1.29, 1.82) is 0 Å². The van der Waals surface area contributed by atoms with E-state index in [0.29, 0.717) is 0 Å². The molecule has 14 nitrogen and oxygen atoms in total. The van der Waals surface area contributed by atoms with Crippen LogP contribution in [0.25, 0.3) is 22.2 Å². The van der Waals surface area contributed by atoms with Crippen molar-refractivity contribution < 1.29 is 32.8 Å². The quantitative estimate of drug-likeness (QED) is 0.234. The number of nitro groups is 1. The number of rotatable bonds is 7. The summed E-state index contributed by atoms with van der Waals surface area (Å²) < 4.78 is 21.6. The number of fused-ring (bicyclic) bond motifs is 2. The Morgan fingerprint density at radius 2 is 2.00 bits per heavy atom. The molecule has 3 heterocycles. The van der Waals surface area contributed by atoms with E-state index >= 15 is 0 Å². The van der Waals surface area contributed by atoms with Gasteiger partial charge in [-0.15, -0.1) is 0 Å². The minimum absolute atomic E-state index is 0.00234. The van der Waals surface area contributed by atoms with Gasteiger partial charge < -0.3 is 24.0 Å². The maximum atomic E-state index is 12.3. The maximum absolute atomic E-state index is 12.3. The van der Waals surface area contributed by atoms with E-state index < -0.39 is 35.8 Å². The molecule has 0 aliphatic carbocycles. The van der Waals surface area contributed by atoms with Crippen LogP contribution in [0.5, 0.6) is 0 Å². The Bertz CT molecular complexity index is 1510. The molecule has 2 N–H and O–H groups in total. The highest BCUT2D eigenvalue weighted by atomic mass is 16.6. The van der Waals surface area contributed by atoms with E-state index in [1.54, 1.807) is 13.8 Å². The average Bonchev–Trinajstić information content (AvgIpc) is 3.28. The van der Waals surface area contributed by atoms with Crippen LogP contribution in [0.3, 0.4) is 0 Å². The maximum Gasteiger partial charge on any atom is 0.420 e. The van der Waals surface area contributed by atoms with Crippen molar-refractivity contribution in [1.82, 2.24) is 14.5 Å². The second kappa shape index (κ2) is 8.65. The molecule has 0 spiro atoms. The van der Waals surface area contributed by atoms with Crippen LogP contribution in [0.1, 0.15) is 28.9 Å². The highest BCUT2D eigenvalue weighted by Crippen LogP contribution is 2.29. The average molecular weight is 471 g/mol. The lowest BCUT2D eigenvalue weighted by atomic mass is 10.2. The number of non-ortho nitro benzene ring substituents is 1. The molecule has 0 fully saturated rings. The van der Waals surface area contributed by atoms with Crippen LogP contribution in [0.15, 0.2) is 31.8 Å². The van der Waals surface area contributed by atoms with Gasteiger partial charge in [0.05, 0.1) is 28.5 Å². The van der Waals surface area contributed by atoms with Crippen molar-refractivity contribution in [2.24, 2.45) is 0 Å². The van der Waals surface area contributed by atoms with Crippen molar-refractivity contribution in [2.45, 2.75) is 27.0 Å². The molecule has 34 heavy (non-hydrogen) atoms. The van der Waals surface area contributed by atoms with Crippen LogP contribution in [0.4, 0.5) is 11.5 Å². The number of oxazole rings is 1. The Hall–Kier alpha value is -4.75. The van der Waals surface area contributed by atoms with Gasteiger partial charge in [-0.3, -0.25) is 19.5 Å². The van der Waals surface area contributed by atoms with Gasteiger partial charge in [-0.1, -0.05) is 0 Å². The number of aryl methyl sites for hydroxylation is 1. The molecule has 1 aromatic carbocycles. The summed E-state index contributed by atoms with van der Waals surface area (Å²) in [6.45, 7) is 2.45. The minimum atomic E-state index is -0.882. The molecule has 176 valence electrons. The van der Waals surface area contributed by atoms with Crippen LogP contribution >= 0.6 is 0 Å². The van der Waals surface area contributed by atoms with Gasteiger partial charge in [-0.05, 0) is 19.9 Å². The predicted octanol–water partition coefficient (Wildman–Crippen LogP) is 1.85. The summed E-state index contributed by atoms with van der Waals surface area (Å²) in [5.74, 6) is -2.15. The molecule has 0 saturated carbocycles. The van der Waals surface area contributed by atoms with Gasteiger partial charge in [0.1, 0.15) is 23.7 Å². The van der Waals surface area contributed by atoms with Gasteiger partial charge in [-0.2, -0.15) is 4.98 Å². The highest BCUT2D eigenvalue weighted by molar-refractivity contribution is 6.07. The number of carbonyl (C=O) groups excluding carboxylic acids is 2. The van der Waals surface area contributed by atoms with Crippen molar-refractivity contribution in [3.8, 4) is 0 Å². The van der Waals surface area contributed by atoms with E-state index in [0.717, 1.165) is 10.6 Å². The zero-order chi connectivity index (χ0) is 24.6. The van der Waals surface area contributed by atoms with E-state index in [9.17, 15) is 24.5 Å². The van der Waals surface area contributed by atoms with Crippen molar-refractivity contribution in [2.75, 3.05) is 12.3 Å². The number of aromatic nitrogens is 3. The molecule has 0 atom stereocenters. The van der Waals surface area contributed by atoms with Crippen LogP contribution in [-0.4, -0.2) is 38.0 Å². The molecule has 0 bridgehead atoms. The Kier molecular flexibility index (Phi) is 5.71. The fraction of sp³-hybridized carbons (Fsp3) is 0.250. The molecular formula is C20H17N5O9. The summed E-state index contributed by atoms with van der Waals surface area (Å²) >= 11 is 0. The number of carbonyl (C=O) groups is 2. The largest absolute Gasteiger partial charge is 0.462 e. The monoisotopic (exact) mass is 471 g/mol. The summed E-state index contributed by atoms with van der Waals surface area (Å²) in [7, 11) is 0. The summed E-state index contributed by atoms with van der Waals surface area (Å²) in [4.78, 5) is 55.0. The third kappa shape index (κ3) is 4.03. The van der Waals surface area contributed by atoms with Gasteiger partial charge in [-0.25, -0.2) is 14.6 Å². The SMILES string of the molecule is CCOC(=O)c1c(C)oc2nc(COC(=O)Cn3c(=O)oc4cc([N+](=O)[O-])ccc43)nc(N)c12. The van der Waals surface area contributed by atoms with E-state index in [4.69, 9.17) is 24.0 Å². The molecule has 0 saturated heterocycles. The smallest absolute Gasteiger partial charge is 0.420 e. The standard InChI is InChI=1S/C20H17N5O9/c1-3-31-19(27)15-9(2)33-18-16(15)17(21)22-13(23-18)8-32-14(26)7-24-11-5-4-10(25(29)30)6-12(11)34-20(24)28/h4-6H,3,7-8H2,1-2H3,(H2,21,22,23). The Morgan fingerprint density at radius 3 is 2.71 bits per heavy atom. The lowest BCUT2D eigenvalue weighted by Crippen LogP contribution is -2.22. The Balaban J connectivity index is 1.52. The Morgan fingerprint density at radius 1 is 1.24 bits per heavy atom. The first kappa shape index (κ1) is 22.4.